The molecule has 2 aromatic rings. The lowest BCUT2D eigenvalue weighted by Crippen LogP contribution is -3.12. The summed E-state index contributed by atoms with van der Waals surface area (Å²) >= 11 is 0. The number of nitrogens with zero attached hydrogens (tertiary/aromatic N) is 1. The van der Waals surface area contributed by atoms with Gasteiger partial charge in [-0.05, 0) is 32.4 Å². The minimum absolute atomic E-state index is 0.0827. The number of ether oxygens (including phenoxy) is 2. The topological polar surface area (TPSA) is 74.0 Å². The van der Waals surface area contributed by atoms with Crippen LogP contribution in [-0.2, 0) is 33.9 Å². The van der Waals surface area contributed by atoms with Crippen molar-refractivity contribution in [2.45, 2.75) is 40.4 Å². The van der Waals surface area contributed by atoms with Crippen molar-refractivity contribution in [1.29, 1.82) is 0 Å². The van der Waals surface area contributed by atoms with Gasteiger partial charge >= 0.3 is 5.97 Å². The van der Waals surface area contributed by atoms with E-state index in [1.54, 1.807) is 13.0 Å². The van der Waals surface area contributed by atoms with E-state index in [1.807, 2.05) is 30.5 Å². The van der Waals surface area contributed by atoms with Crippen LogP contribution in [0.3, 0.4) is 0 Å². The number of rotatable bonds is 8. The van der Waals surface area contributed by atoms with Crippen LogP contribution in [0.2, 0.25) is 0 Å². The summed E-state index contributed by atoms with van der Waals surface area (Å²) in [5.41, 5.74) is 4.52. The van der Waals surface area contributed by atoms with Crippen LogP contribution in [0.5, 0.6) is 0 Å². The highest BCUT2D eigenvalue weighted by Gasteiger charge is 2.19. The number of carbonyl (C=O) groups excluding carboxylic acids is 2. The Morgan fingerprint density at radius 1 is 1.17 bits per heavy atom. The molecule has 3 rings (SSSR count). The fraction of sp³-hybridized carbons (Fsp3) is 0.478. The minimum atomic E-state index is -0.350. The number of aromatic nitrogens is 1. The predicted molar refractivity (Wildman–Crippen MR) is 113 cm³/mol. The van der Waals surface area contributed by atoms with Crippen molar-refractivity contribution in [3.63, 3.8) is 0 Å². The van der Waals surface area contributed by atoms with Crippen molar-refractivity contribution in [2.24, 2.45) is 0 Å². The second-order valence-electron chi connectivity index (χ2n) is 7.68. The molecule has 0 atom stereocenters. The van der Waals surface area contributed by atoms with Gasteiger partial charge in [0.1, 0.15) is 26.2 Å². The molecular formula is C23H32N3O4+. The summed E-state index contributed by atoms with van der Waals surface area (Å²) in [5, 5.41) is 3.03. The molecule has 1 saturated heterocycles. The van der Waals surface area contributed by atoms with Crippen molar-refractivity contribution in [2.75, 3.05) is 32.9 Å². The molecular weight excluding hydrogens is 382 g/mol. The van der Waals surface area contributed by atoms with Gasteiger partial charge in [-0.25, -0.2) is 4.79 Å². The number of hydrogen-bond acceptors (Lipinski definition) is 4. The van der Waals surface area contributed by atoms with E-state index in [1.165, 1.54) is 10.5 Å². The molecule has 1 aromatic heterocycles. The first kappa shape index (κ1) is 22.1. The van der Waals surface area contributed by atoms with Gasteiger partial charge in [0, 0.05) is 23.5 Å². The largest absolute Gasteiger partial charge is 0.462 e. The van der Waals surface area contributed by atoms with E-state index in [4.69, 9.17) is 9.47 Å². The molecule has 1 aromatic carbocycles. The Morgan fingerprint density at radius 2 is 1.87 bits per heavy atom. The summed E-state index contributed by atoms with van der Waals surface area (Å²) in [5.74, 6) is -0.433. The first-order chi connectivity index (χ1) is 14.5. The Balaban J connectivity index is 1.61. The molecule has 0 aliphatic carbocycles. The van der Waals surface area contributed by atoms with Crippen molar-refractivity contribution in [3.05, 3.63) is 58.4 Å². The molecule has 1 amide bonds. The Kier molecular flexibility index (Phi) is 7.65. The molecule has 1 aliphatic heterocycles. The van der Waals surface area contributed by atoms with Crippen molar-refractivity contribution < 1.29 is 24.0 Å². The third-order valence-corrected chi connectivity index (χ3v) is 5.61. The Hall–Kier alpha value is -2.64. The standard InChI is InChI=1S/C23H31N3O4/c1-4-30-23(28)21-13-17(2)26(18(21)3)16-22(27)24-14-19-7-5-6-8-20(19)15-25-9-11-29-12-10-25/h5-8,13H,4,9-12,14-16H2,1-3H3,(H,24,27)/p+1. The van der Waals surface area contributed by atoms with Crippen LogP contribution in [-0.4, -0.2) is 49.4 Å². The van der Waals surface area contributed by atoms with Crippen LogP contribution in [0.15, 0.2) is 30.3 Å². The number of carbonyl (C=O) groups is 2. The number of nitrogens with one attached hydrogen (secondary N) is 2. The van der Waals surface area contributed by atoms with E-state index < -0.39 is 0 Å². The van der Waals surface area contributed by atoms with Gasteiger partial charge in [0.15, 0.2) is 0 Å². The summed E-state index contributed by atoms with van der Waals surface area (Å²) in [6.45, 7) is 11.1. The van der Waals surface area contributed by atoms with Crippen LogP contribution >= 0.6 is 0 Å². The summed E-state index contributed by atoms with van der Waals surface area (Å²) in [6.07, 6.45) is 0. The van der Waals surface area contributed by atoms with E-state index in [0.717, 1.165) is 49.8 Å². The molecule has 1 aliphatic rings. The van der Waals surface area contributed by atoms with Gasteiger partial charge in [0.05, 0.1) is 25.4 Å². The zero-order chi connectivity index (χ0) is 21.5. The lowest BCUT2D eigenvalue weighted by atomic mass is 10.1. The number of aryl methyl sites for hydroxylation is 1. The van der Waals surface area contributed by atoms with Crippen molar-refractivity contribution >= 4 is 11.9 Å². The number of quaternary nitrogens is 1. The SMILES string of the molecule is CCOC(=O)c1cc(C)n(CC(=O)NCc2ccccc2C[NH+]2CCOCC2)c1C. The van der Waals surface area contributed by atoms with Crippen LogP contribution in [0.4, 0.5) is 0 Å². The fourth-order valence-corrected chi connectivity index (χ4v) is 3.86. The zero-order valence-corrected chi connectivity index (χ0v) is 18.1. The minimum Gasteiger partial charge on any atom is -0.462 e. The van der Waals surface area contributed by atoms with E-state index >= 15 is 0 Å². The van der Waals surface area contributed by atoms with Crippen LogP contribution in [0, 0.1) is 13.8 Å². The van der Waals surface area contributed by atoms with Gasteiger partial charge in [0.2, 0.25) is 5.91 Å². The highest BCUT2D eigenvalue weighted by atomic mass is 16.5. The number of morpholine rings is 1. The lowest BCUT2D eigenvalue weighted by Gasteiger charge is -2.24. The van der Waals surface area contributed by atoms with Gasteiger partial charge in [-0.15, -0.1) is 0 Å². The molecule has 7 nitrogen and oxygen atoms in total. The molecule has 0 saturated carbocycles. The second-order valence-corrected chi connectivity index (χ2v) is 7.68. The van der Waals surface area contributed by atoms with Crippen LogP contribution in [0.25, 0.3) is 0 Å². The van der Waals surface area contributed by atoms with Crippen molar-refractivity contribution in [1.82, 2.24) is 9.88 Å². The van der Waals surface area contributed by atoms with Gasteiger partial charge in [-0.2, -0.15) is 0 Å². The third-order valence-electron chi connectivity index (χ3n) is 5.61. The molecule has 0 unspecified atom stereocenters. The number of benzene rings is 1. The van der Waals surface area contributed by atoms with E-state index in [0.29, 0.717) is 18.7 Å². The average molecular weight is 415 g/mol. The molecule has 7 heteroatoms. The highest BCUT2D eigenvalue weighted by molar-refractivity contribution is 5.91. The van der Waals surface area contributed by atoms with Crippen molar-refractivity contribution in [3.8, 4) is 0 Å². The fourth-order valence-electron chi connectivity index (χ4n) is 3.86. The molecule has 0 radical (unpaired) electrons. The quantitative estimate of drug-likeness (QED) is 0.633. The maximum atomic E-state index is 12.6. The number of hydrogen-bond donors (Lipinski definition) is 2. The second kappa shape index (κ2) is 10.4. The first-order valence-corrected chi connectivity index (χ1v) is 10.6. The van der Waals surface area contributed by atoms with E-state index in [2.05, 4.69) is 17.4 Å². The van der Waals surface area contributed by atoms with Gasteiger partial charge in [-0.3, -0.25) is 4.79 Å². The van der Waals surface area contributed by atoms with Gasteiger partial charge < -0.3 is 24.3 Å². The molecule has 2 heterocycles. The first-order valence-electron chi connectivity index (χ1n) is 10.6. The Labute approximate surface area is 178 Å². The smallest absolute Gasteiger partial charge is 0.339 e. The van der Waals surface area contributed by atoms with E-state index in [-0.39, 0.29) is 18.4 Å². The zero-order valence-electron chi connectivity index (χ0n) is 18.1. The van der Waals surface area contributed by atoms with Crippen LogP contribution in [0.1, 0.15) is 39.8 Å². The maximum Gasteiger partial charge on any atom is 0.339 e. The molecule has 0 spiro atoms. The molecule has 1 fully saturated rings. The Bertz CT molecular complexity index is 885. The summed E-state index contributed by atoms with van der Waals surface area (Å²) < 4.78 is 12.4. The highest BCUT2D eigenvalue weighted by Crippen LogP contribution is 2.16. The normalized spacial score (nSPS) is 14.5. The summed E-state index contributed by atoms with van der Waals surface area (Å²) in [4.78, 5) is 26.2. The van der Waals surface area contributed by atoms with Gasteiger partial charge in [0.25, 0.3) is 0 Å². The third kappa shape index (κ3) is 5.49. The Morgan fingerprint density at radius 3 is 2.57 bits per heavy atom. The monoisotopic (exact) mass is 414 g/mol. The van der Waals surface area contributed by atoms with Gasteiger partial charge in [-0.1, -0.05) is 24.3 Å². The average Bonchev–Trinajstić information content (AvgIpc) is 3.02. The molecule has 162 valence electrons. The predicted octanol–water partition coefficient (Wildman–Crippen LogP) is 1.01. The number of amides is 1. The summed E-state index contributed by atoms with van der Waals surface area (Å²) in [6, 6.07) is 10.0. The molecule has 0 bridgehead atoms. The molecule has 30 heavy (non-hydrogen) atoms. The summed E-state index contributed by atoms with van der Waals surface area (Å²) in [7, 11) is 0. The maximum absolute atomic E-state index is 12.6. The number of esters is 1. The van der Waals surface area contributed by atoms with Crippen LogP contribution < -0.4 is 10.2 Å². The molecule has 2 N–H and O–H groups in total. The van der Waals surface area contributed by atoms with E-state index in [9.17, 15) is 9.59 Å². The lowest BCUT2D eigenvalue weighted by molar-refractivity contribution is -0.921.